The van der Waals surface area contributed by atoms with Gasteiger partial charge in [0.15, 0.2) is 0 Å². The molecule has 3 aromatic rings. The Labute approximate surface area is 267 Å². The van der Waals surface area contributed by atoms with Gasteiger partial charge in [0.1, 0.15) is 0 Å². The average Bonchev–Trinajstić information content (AvgIpc) is 2.89. The third kappa shape index (κ3) is 8.81. The third-order valence-electron chi connectivity index (χ3n) is 6.43. The van der Waals surface area contributed by atoms with Gasteiger partial charge >= 0.3 is 45.5 Å². The molecule has 3 heteroatoms. The predicted octanol–water partition coefficient (Wildman–Crippen LogP) is 8.53. The molecule has 0 amide bonds. The molecule has 0 radical (unpaired) electrons. The van der Waals surface area contributed by atoms with E-state index in [0.717, 1.165) is 35.4 Å². The average molecular weight is 575 g/mol. The SMILES string of the molecule is CC(=C/Cc1cc(C)cc(C)c1[C-](C)C)/C(=C\N)c1ccccc1.CC1=C(c2[c-]cccc2)[N-]CC=C1.[Sr+2]. The Morgan fingerprint density at radius 1 is 1.03 bits per heavy atom. The van der Waals surface area contributed by atoms with Crippen molar-refractivity contribution in [2.24, 2.45) is 5.73 Å². The summed E-state index contributed by atoms with van der Waals surface area (Å²) >= 11 is 0. The summed E-state index contributed by atoms with van der Waals surface area (Å²) in [7, 11) is 0. The van der Waals surface area contributed by atoms with E-state index in [0.29, 0.717) is 0 Å². The quantitative estimate of drug-likeness (QED) is 0.179. The summed E-state index contributed by atoms with van der Waals surface area (Å²) in [5.74, 6) is 1.37. The fourth-order valence-corrected chi connectivity index (χ4v) is 4.79. The number of nitrogens with zero attached hydrogens (tertiary/aromatic N) is 1. The molecule has 0 aromatic heterocycles. The molecule has 0 unspecified atom stereocenters. The molecule has 192 valence electrons. The Balaban J connectivity index is 0.000000305. The van der Waals surface area contributed by atoms with Gasteiger partial charge < -0.3 is 11.1 Å². The molecule has 0 saturated heterocycles. The minimum absolute atomic E-state index is 0. The van der Waals surface area contributed by atoms with Crippen LogP contribution in [-0.4, -0.2) is 52.0 Å². The standard InChI is InChI=1S/C23H28N.C12H11N.Sr/c1-16(2)23-19(5)13-17(3)14-21(23)12-11-18(4)22(15-24)20-9-7-6-8-10-20;1-10-6-5-9-13-12(10)11-7-3-2-4-8-11;/h6-11,13-15H,12,24H2,1-5H3;2-7H,9H2,1H3;/q-1;-2;+2/b18-11-,22-15+;;. The first-order valence-corrected chi connectivity index (χ1v) is 12.9. The first-order chi connectivity index (χ1) is 17.8. The van der Waals surface area contributed by atoms with Crippen LogP contribution in [0.1, 0.15) is 61.1 Å². The molecule has 4 rings (SSSR count). The Kier molecular flexibility index (Phi) is 13.3. The molecule has 2 N–H and O–H groups in total. The van der Waals surface area contributed by atoms with Crippen LogP contribution in [0.25, 0.3) is 16.6 Å². The molecule has 3 aromatic carbocycles. The van der Waals surface area contributed by atoms with E-state index in [1.54, 1.807) is 6.20 Å². The van der Waals surface area contributed by atoms with Crippen LogP contribution in [0, 0.1) is 25.8 Å². The van der Waals surface area contributed by atoms with Crippen molar-refractivity contribution >= 4 is 56.8 Å². The molecule has 0 spiro atoms. The van der Waals surface area contributed by atoms with Crippen molar-refractivity contribution in [2.75, 3.05) is 6.54 Å². The number of rotatable bonds is 6. The molecule has 2 nitrogen and oxygen atoms in total. The molecule has 38 heavy (non-hydrogen) atoms. The summed E-state index contributed by atoms with van der Waals surface area (Å²) in [6, 6.07) is 26.0. The van der Waals surface area contributed by atoms with Crippen LogP contribution in [0.15, 0.2) is 102 Å². The van der Waals surface area contributed by atoms with Crippen LogP contribution >= 0.6 is 0 Å². The maximum absolute atomic E-state index is 5.89. The molecule has 0 aliphatic carbocycles. The van der Waals surface area contributed by atoms with Crippen LogP contribution in [-0.2, 0) is 6.42 Å². The number of hydrogen-bond donors (Lipinski definition) is 1. The topological polar surface area (TPSA) is 40.1 Å². The summed E-state index contributed by atoms with van der Waals surface area (Å²) < 4.78 is 0. The fourth-order valence-electron chi connectivity index (χ4n) is 4.79. The van der Waals surface area contributed by atoms with Gasteiger partial charge in [0.25, 0.3) is 0 Å². The first kappa shape index (κ1) is 31.8. The van der Waals surface area contributed by atoms with Gasteiger partial charge in [0, 0.05) is 6.20 Å². The first-order valence-electron chi connectivity index (χ1n) is 12.9. The van der Waals surface area contributed by atoms with E-state index < -0.39 is 0 Å². The number of aryl methyl sites for hydroxylation is 2. The maximum Gasteiger partial charge on any atom is 2.00 e. The molecule has 0 saturated carbocycles. The predicted molar refractivity (Wildman–Crippen MR) is 167 cm³/mol. The summed E-state index contributed by atoms with van der Waals surface area (Å²) in [4.78, 5) is 0. The van der Waals surface area contributed by atoms with Gasteiger partial charge in [0.2, 0.25) is 0 Å². The smallest absolute Gasteiger partial charge is 0.724 e. The van der Waals surface area contributed by atoms with Crippen LogP contribution in [0.5, 0.6) is 0 Å². The zero-order valence-electron chi connectivity index (χ0n) is 23.8. The molecule has 1 heterocycles. The Bertz CT molecular complexity index is 1300. The van der Waals surface area contributed by atoms with Crippen LogP contribution in [0.4, 0.5) is 0 Å². The second-order valence-corrected chi connectivity index (χ2v) is 9.70. The van der Waals surface area contributed by atoms with Crippen molar-refractivity contribution < 1.29 is 0 Å². The van der Waals surface area contributed by atoms with Gasteiger partial charge in [-0.05, 0) is 37.5 Å². The third-order valence-corrected chi connectivity index (χ3v) is 6.43. The number of hydrogen-bond acceptors (Lipinski definition) is 1. The Morgan fingerprint density at radius 3 is 2.34 bits per heavy atom. The molecule has 0 fully saturated rings. The van der Waals surface area contributed by atoms with Crippen LogP contribution in [0.3, 0.4) is 0 Å². The fraction of sp³-hybridized carbons (Fsp3) is 0.229. The van der Waals surface area contributed by atoms with Crippen LogP contribution < -0.4 is 5.73 Å². The summed E-state index contributed by atoms with van der Waals surface area (Å²) in [5.41, 5.74) is 18.2. The Hall–Kier alpha value is -2.43. The van der Waals surface area contributed by atoms with Crippen molar-refractivity contribution in [3.8, 4) is 0 Å². The van der Waals surface area contributed by atoms with E-state index in [4.69, 9.17) is 5.73 Å². The summed E-state index contributed by atoms with van der Waals surface area (Å²) in [6.45, 7) is 13.7. The van der Waals surface area contributed by atoms with E-state index in [9.17, 15) is 0 Å². The minimum Gasteiger partial charge on any atom is -0.724 e. The van der Waals surface area contributed by atoms with Crippen molar-refractivity contribution in [3.63, 3.8) is 0 Å². The summed E-state index contributed by atoms with van der Waals surface area (Å²) in [6.07, 6.45) is 9.09. The van der Waals surface area contributed by atoms with Gasteiger partial charge in [-0.25, -0.2) is 5.70 Å². The second-order valence-electron chi connectivity index (χ2n) is 9.70. The zero-order chi connectivity index (χ0) is 26.8. The number of benzene rings is 3. The minimum atomic E-state index is 0. The van der Waals surface area contributed by atoms with Gasteiger partial charge in [-0.2, -0.15) is 22.6 Å². The van der Waals surface area contributed by atoms with E-state index in [1.807, 2.05) is 42.5 Å². The van der Waals surface area contributed by atoms with Crippen molar-refractivity contribution in [3.05, 3.63) is 153 Å². The van der Waals surface area contributed by atoms with Gasteiger partial charge in [-0.15, -0.1) is 66.2 Å². The normalized spacial score (nSPS) is 13.2. The number of nitrogens with two attached hydrogens (primary N) is 1. The van der Waals surface area contributed by atoms with Gasteiger partial charge in [-0.1, -0.05) is 75.2 Å². The zero-order valence-corrected chi connectivity index (χ0v) is 27.3. The van der Waals surface area contributed by atoms with E-state index in [1.165, 1.54) is 39.3 Å². The maximum atomic E-state index is 5.89. The van der Waals surface area contributed by atoms with Crippen molar-refractivity contribution in [1.29, 1.82) is 0 Å². The van der Waals surface area contributed by atoms with Gasteiger partial charge in [-0.3, -0.25) is 0 Å². The number of allylic oxidation sites excluding steroid dienone is 5. The van der Waals surface area contributed by atoms with Crippen molar-refractivity contribution in [2.45, 2.75) is 48.0 Å². The van der Waals surface area contributed by atoms with E-state index in [-0.39, 0.29) is 45.5 Å². The Morgan fingerprint density at radius 2 is 1.74 bits per heavy atom. The summed E-state index contributed by atoms with van der Waals surface area (Å²) in [5, 5.41) is 4.44. The molecule has 0 atom stereocenters. The molecule has 1 aliphatic heterocycles. The molecule has 0 bridgehead atoms. The molecular formula is C35H39N2Sr-. The second kappa shape index (κ2) is 15.9. The largest absolute Gasteiger partial charge is 2.00 e. The molecular weight excluding hydrogens is 536 g/mol. The van der Waals surface area contributed by atoms with E-state index >= 15 is 0 Å². The monoisotopic (exact) mass is 575 g/mol. The van der Waals surface area contributed by atoms with Gasteiger partial charge in [0.05, 0.1) is 0 Å². The van der Waals surface area contributed by atoms with Crippen LogP contribution in [0.2, 0.25) is 0 Å². The van der Waals surface area contributed by atoms with Crippen molar-refractivity contribution in [1.82, 2.24) is 0 Å². The van der Waals surface area contributed by atoms with E-state index in [2.05, 4.69) is 95.4 Å². The molecule has 1 aliphatic rings.